The minimum Gasteiger partial charge on any atom is -0.494 e. The fraction of sp³-hybridized carbons (Fsp3) is 0.667. The van der Waals surface area contributed by atoms with E-state index in [2.05, 4.69) is 24.4 Å². The van der Waals surface area contributed by atoms with Gasteiger partial charge in [-0.25, -0.2) is 0 Å². The van der Waals surface area contributed by atoms with Gasteiger partial charge in [0.25, 0.3) is 0 Å². The van der Waals surface area contributed by atoms with Crippen LogP contribution < -0.4 is 20.5 Å². The van der Waals surface area contributed by atoms with Gasteiger partial charge < -0.3 is 20.5 Å². The van der Waals surface area contributed by atoms with Crippen LogP contribution in [0.5, 0.6) is 11.5 Å². The molecule has 0 aromatic heterocycles. The van der Waals surface area contributed by atoms with E-state index in [4.69, 9.17) is 15.2 Å². The summed E-state index contributed by atoms with van der Waals surface area (Å²) in [5.41, 5.74) is 8.49. The van der Waals surface area contributed by atoms with Gasteiger partial charge in [0, 0.05) is 42.0 Å². The van der Waals surface area contributed by atoms with E-state index in [9.17, 15) is 4.79 Å². The summed E-state index contributed by atoms with van der Waals surface area (Å²) < 4.78 is 11.8. The first kappa shape index (κ1) is 20.3. The average molecular weight is 395 g/mol. The van der Waals surface area contributed by atoms with Crippen LogP contribution in [-0.4, -0.2) is 30.7 Å². The van der Waals surface area contributed by atoms with Crippen molar-refractivity contribution in [2.75, 3.05) is 6.61 Å². The highest BCUT2D eigenvalue weighted by atomic mass is 35.5. The van der Waals surface area contributed by atoms with Gasteiger partial charge in [0.1, 0.15) is 17.6 Å². The molecular weight excluding hydrogens is 364 g/mol. The molecule has 5 atom stereocenters. The quantitative estimate of drug-likeness (QED) is 0.776. The second-order valence-electron chi connectivity index (χ2n) is 8.14. The molecule has 27 heavy (non-hydrogen) atoms. The SMILES string of the molecule is CCOc1cc2c(cc1C1CC1NC(=O)C[C@@H]1CCC[C@H]1N)OC(C)C2.Cl. The topological polar surface area (TPSA) is 73.6 Å². The van der Waals surface area contributed by atoms with Gasteiger partial charge in [-0.2, -0.15) is 0 Å². The third kappa shape index (κ3) is 4.35. The van der Waals surface area contributed by atoms with Crippen LogP contribution in [0.1, 0.15) is 63.0 Å². The summed E-state index contributed by atoms with van der Waals surface area (Å²) in [6.07, 6.45) is 5.97. The Labute approximate surface area is 167 Å². The number of amides is 1. The third-order valence-electron chi connectivity index (χ3n) is 6.03. The predicted octanol–water partition coefficient (Wildman–Crippen LogP) is 3.32. The van der Waals surface area contributed by atoms with Crippen LogP contribution in [0.3, 0.4) is 0 Å². The molecule has 6 heteroatoms. The lowest BCUT2D eigenvalue weighted by atomic mass is 10.00. The molecule has 1 aromatic rings. The maximum absolute atomic E-state index is 12.4. The normalized spacial score (nSPS) is 30.9. The zero-order valence-corrected chi connectivity index (χ0v) is 17.0. The maximum Gasteiger partial charge on any atom is 0.220 e. The minimum absolute atomic E-state index is 0. The van der Waals surface area contributed by atoms with E-state index >= 15 is 0 Å². The van der Waals surface area contributed by atoms with Gasteiger partial charge in [-0.15, -0.1) is 12.4 Å². The van der Waals surface area contributed by atoms with Crippen molar-refractivity contribution in [2.24, 2.45) is 11.7 Å². The summed E-state index contributed by atoms with van der Waals surface area (Å²) in [7, 11) is 0. The van der Waals surface area contributed by atoms with Crippen molar-refractivity contribution < 1.29 is 14.3 Å². The number of nitrogens with two attached hydrogens (primary N) is 1. The molecule has 2 saturated carbocycles. The summed E-state index contributed by atoms with van der Waals surface area (Å²) >= 11 is 0. The van der Waals surface area contributed by atoms with Gasteiger partial charge in [0.15, 0.2) is 0 Å². The van der Waals surface area contributed by atoms with E-state index in [0.717, 1.165) is 43.6 Å². The Bertz CT molecular complexity index is 696. The second-order valence-corrected chi connectivity index (χ2v) is 8.14. The monoisotopic (exact) mass is 394 g/mol. The van der Waals surface area contributed by atoms with Gasteiger partial charge in [0.2, 0.25) is 5.91 Å². The zero-order valence-electron chi connectivity index (χ0n) is 16.2. The Morgan fingerprint density at radius 2 is 2.19 bits per heavy atom. The van der Waals surface area contributed by atoms with Crippen LogP contribution in [0.4, 0.5) is 0 Å². The molecule has 3 N–H and O–H groups in total. The largest absolute Gasteiger partial charge is 0.494 e. The van der Waals surface area contributed by atoms with Crippen molar-refractivity contribution in [3.8, 4) is 11.5 Å². The molecule has 4 rings (SSSR count). The van der Waals surface area contributed by atoms with Crippen LogP contribution in [0.25, 0.3) is 0 Å². The molecule has 2 aliphatic carbocycles. The lowest BCUT2D eigenvalue weighted by molar-refractivity contribution is -0.122. The molecule has 3 unspecified atom stereocenters. The highest BCUT2D eigenvalue weighted by Gasteiger charge is 2.42. The van der Waals surface area contributed by atoms with Gasteiger partial charge in [-0.1, -0.05) is 6.42 Å². The lowest BCUT2D eigenvalue weighted by Gasteiger charge is -2.15. The summed E-state index contributed by atoms with van der Waals surface area (Å²) in [6, 6.07) is 4.66. The molecule has 1 heterocycles. The number of fused-ring (bicyclic) bond motifs is 1. The Hall–Kier alpha value is -1.46. The second kappa shape index (κ2) is 8.27. The number of hydrogen-bond acceptors (Lipinski definition) is 4. The third-order valence-corrected chi connectivity index (χ3v) is 6.03. The molecule has 1 aromatic carbocycles. The first-order valence-electron chi connectivity index (χ1n) is 10.1. The van der Waals surface area contributed by atoms with E-state index in [1.54, 1.807) is 0 Å². The van der Waals surface area contributed by atoms with E-state index in [0.29, 0.717) is 24.9 Å². The molecular formula is C21H31ClN2O3. The van der Waals surface area contributed by atoms with Gasteiger partial charge in [-0.3, -0.25) is 4.79 Å². The first-order valence-corrected chi connectivity index (χ1v) is 10.1. The Kier molecular flexibility index (Phi) is 6.21. The van der Waals surface area contributed by atoms with Crippen molar-refractivity contribution >= 4 is 18.3 Å². The average Bonchev–Trinajstić information content (AvgIpc) is 3.06. The van der Waals surface area contributed by atoms with Crippen LogP contribution in [0.15, 0.2) is 12.1 Å². The number of carbonyl (C=O) groups excluding carboxylic acids is 1. The van der Waals surface area contributed by atoms with Crippen molar-refractivity contribution in [3.05, 3.63) is 23.3 Å². The predicted molar refractivity (Wildman–Crippen MR) is 108 cm³/mol. The molecule has 1 amide bonds. The maximum atomic E-state index is 12.4. The van der Waals surface area contributed by atoms with Crippen molar-refractivity contribution in [1.82, 2.24) is 5.32 Å². The van der Waals surface area contributed by atoms with E-state index in [1.165, 1.54) is 11.1 Å². The molecule has 0 bridgehead atoms. The first-order chi connectivity index (χ1) is 12.5. The van der Waals surface area contributed by atoms with Crippen LogP contribution in [0, 0.1) is 5.92 Å². The van der Waals surface area contributed by atoms with Crippen molar-refractivity contribution in [2.45, 2.75) is 76.5 Å². The highest BCUT2D eigenvalue weighted by molar-refractivity contribution is 5.85. The zero-order chi connectivity index (χ0) is 18.3. The summed E-state index contributed by atoms with van der Waals surface area (Å²) in [5.74, 6) is 2.74. The van der Waals surface area contributed by atoms with Crippen molar-refractivity contribution in [3.63, 3.8) is 0 Å². The Balaban J connectivity index is 0.00000210. The van der Waals surface area contributed by atoms with Gasteiger partial charge >= 0.3 is 0 Å². The number of ether oxygens (including phenoxy) is 2. The van der Waals surface area contributed by atoms with Crippen LogP contribution >= 0.6 is 12.4 Å². The number of rotatable bonds is 6. The van der Waals surface area contributed by atoms with E-state index in [-0.39, 0.29) is 36.5 Å². The molecule has 0 spiro atoms. The summed E-state index contributed by atoms with van der Waals surface area (Å²) in [4.78, 5) is 12.4. The molecule has 3 aliphatic rings. The van der Waals surface area contributed by atoms with Crippen molar-refractivity contribution in [1.29, 1.82) is 0 Å². The minimum atomic E-state index is 0. The van der Waals surface area contributed by atoms with E-state index in [1.807, 2.05) is 6.92 Å². The fourth-order valence-electron chi connectivity index (χ4n) is 4.55. The van der Waals surface area contributed by atoms with Crippen LogP contribution in [-0.2, 0) is 11.2 Å². The standard InChI is InChI=1S/C21H30N2O3.ClH/c1-3-25-20-8-14-7-12(2)26-19(14)11-16(20)15-10-18(15)23-21(24)9-13-5-4-6-17(13)22;/h8,11-13,15,17-18H,3-7,9-10,22H2,1-2H3,(H,23,24);1H/t12?,13-,15?,17+,18?;/m0./s1. The number of hydrogen-bond donors (Lipinski definition) is 2. The molecule has 1 aliphatic heterocycles. The molecule has 0 saturated heterocycles. The van der Waals surface area contributed by atoms with Gasteiger partial charge in [0.05, 0.1) is 6.61 Å². The highest BCUT2D eigenvalue weighted by Crippen LogP contribution is 2.48. The molecule has 150 valence electrons. The van der Waals surface area contributed by atoms with Crippen LogP contribution in [0.2, 0.25) is 0 Å². The molecule has 2 fully saturated rings. The number of carbonyl (C=O) groups is 1. The lowest BCUT2D eigenvalue weighted by Crippen LogP contribution is -2.33. The Morgan fingerprint density at radius 3 is 2.89 bits per heavy atom. The fourth-order valence-corrected chi connectivity index (χ4v) is 4.55. The molecule has 0 radical (unpaired) electrons. The number of benzene rings is 1. The number of halogens is 1. The smallest absolute Gasteiger partial charge is 0.220 e. The Morgan fingerprint density at radius 1 is 1.37 bits per heavy atom. The van der Waals surface area contributed by atoms with Gasteiger partial charge in [-0.05, 0) is 51.2 Å². The van der Waals surface area contributed by atoms with E-state index < -0.39 is 0 Å². The number of nitrogens with one attached hydrogen (secondary N) is 1. The summed E-state index contributed by atoms with van der Waals surface area (Å²) in [5, 5.41) is 3.20. The summed E-state index contributed by atoms with van der Waals surface area (Å²) in [6.45, 7) is 4.74. The molecule has 5 nitrogen and oxygen atoms in total.